The Hall–Kier alpha value is -2.43. The number of fused-ring (bicyclic) bond motifs is 1. The monoisotopic (exact) mass is 270 g/mol. The third-order valence-electron chi connectivity index (χ3n) is 3.10. The van der Waals surface area contributed by atoms with Gasteiger partial charge >= 0.3 is 0 Å². The molecule has 3 rings (SSSR count). The number of anilines is 1. The molecule has 1 N–H and O–H groups in total. The van der Waals surface area contributed by atoms with E-state index in [1.165, 1.54) is 12.1 Å². The molecule has 4 nitrogen and oxygen atoms in total. The number of nitrogens with one attached hydrogen (secondary N) is 1. The zero-order valence-electron chi connectivity index (χ0n) is 11.6. The SMILES string of the molecule is Cc1cc(F)cc(-c2nc3nc(N(C)C)ccc3[nH]2)c1. The predicted octanol–water partition coefficient (Wildman–Crippen LogP) is 3.14. The summed E-state index contributed by atoms with van der Waals surface area (Å²) in [7, 11) is 3.86. The molecule has 0 aliphatic carbocycles. The van der Waals surface area contributed by atoms with Gasteiger partial charge in [0, 0.05) is 19.7 Å². The highest BCUT2D eigenvalue weighted by molar-refractivity contribution is 5.77. The number of imidazole rings is 1. The maximum absolute atomic E-state index is 13.5. The Morgan fingerprint density at radius 3 is 2.60 bits per heavy atom. The zero-order chi connectivity index (χ0) is 14.3. The van der Waals surface area contributed by atoms with Crippen molar-refractivity contribution in [1.82, 2.24) is 15.0 Å². The molecule has 0 saturated heterocycles. The van der Waals surface area contributed by atoms with Crippen LogP contribution in [0.4, 0.5) is 10.2 Å². The van der Waals surface area contributed by atoms with E-state index in [1.54, 1.807) is 0 Å². The summed E-state index contributed by atoms with van der Waals surface area (Å²) in [6.45, 7) is 1.86. The van der Waals surface area contributed by atoms with Gasteiger partial charge in [-0.1, -0.05) is 0 Å². The molecule has 2 aromatic heterocycles. The number of aromatic nitrogens is 3. The van der Waals surface area contributed by atoms with Gasteiger partial charge < -0.3 is 9.88 Å². The molecule has 2 heterocycles. The number of aryl methyl sites for hydroxylation is 1. The lowest BCUT2D eigenvalue weighted by Gasteiger charge is -2.09. The lowest BCUT2D eigenvalue weighted by atomic mass is 10.1. The average molecular weight is 270 g/mol. The topological polar surface area (TPSA) is 44.8 Å². The largest absolute Gasteiger partial charge is 0.363 e. The van der Waals surface area contributed by atoms with E-state index >= 15 is 0 Å². The van der Waals surface area contributed by atoms with Gasteiger partial charge in [-0.3, -0.25) is 0 Å². The maximum atomic E-state index is 13.5. The summed E-state index contributed by atoms with van der Waals surface area (Å²) in [6, 6.07) is 8.71. The summed E-state index contributed by atoms with van der Waals surface area (Å²) in [6.07, 6.45) is 0. The molecule has 0 radical (unpaired) electrons. The summed E-state index contributed by atoms with van der Waals surface area (Å²) in [4.78, 5) is 14.0. The second-order valence-corrected chi connectivity index (χ2v) is 5.04. The molecular formula is C15H15FN4. The van der Waals surface area contributed by atoms with Gasteiger partial charge in [0.2, 0.25) is 0 Å². The van der Waals surface area contributed by atoms with E-state index in [-0.39, 0.29) is 5.82 Å². The van der Waals surface area contributed by atoms with Gasteiger partial charge in [-0.05, 0) is 42.8 Å². The summed E-state index contributed by atoms with van der Waals surface area (Å²) in [5.41, 5.74) is 3.06. The van der Waals surface area contributed by atoms with E-state index < -0.39 is 0 Å². The molecule has 5 heteroatoms. The van der Waals surface area contributed by atoms with Crippen LogP contribution < -0.4 is 4.90 Å². The van der Waals surface area contributed by atoms with E-state index in [4.69, 9.17) is 0 Å². The second-order valence-electron chi connectivity index (χ2n) is 5.04. The van der Waals surface area contributed by atoms with E-state index in [1.807, 2.05) is 44.1 Å². The normalized spacial score (nSPS) is 11.0. The zero-order valence-corrected chi connectivity index (χ0v) is 11.6. The molecule has 0 amide bonds. The van der Waals surface area contributed by atoms with Crippen molar-refractivity contribution in [3.63, 3.8) is 0 Å². The molecule has 3 aromatic rings. The average Bonchev–Trinajstić information content (AvgIpc) is 2.80. The number of benzene rings is 1. The van der Waals surface area contributed by atoms with Gasteiger partial charge in [0.15, 0.2) is 5.65 Å². The van der Waals surface area contributed by atoms with Crippen molar-refractivity contribution < 1.29 is 4.39 Å². The Kier molecular flexibility index (Phi) is 2.89. The van der Waals surface area contributed by atoms with E-state index in [0.29, 0.717) is 11.5 Å². The van der Waals surface area contributed by atoms with Gasteiger partial charge in [0.25, 0.3) is 0 Å². The number of pyridine rings is 1. The number of hydrogen-bond acceptors (Lipinski definition) is 3. The summed E-state index contributed by atoms with van der Waals surface area (Å²) >= 11 is 0. The molecule has 20 heavy (non-hydrogen) atoms. The van der Waals surface area contributed by atoms with Crippen LogP contribution in [0, 0.1) is 12.7 Å². The smallest absolute Gasteiger partial charge is 0.180 e. The first-order chi connectivity index (χ1) is 9.52. The van der Waals surface area contributed by atoms with Crippen molar-refractivity contribution in [2.24, 2.45) is 0 Å². The maximum Gasteiger partial charge on any atom is 0.180 e. The van der Waals surface area contributed by atoms with Crippen molar-refractivity contribution in [1.29, 1.82) is 0 Å². The van der Waals surface area contributed by atoms with Crippen LogP contribution in [0.2, 0.25) is 0 Å². The third-order valence-corrected chi connectivity index (χ3v) is 3.10. The number of hydrogen-bond donors (Lipinski definition) is 1. The summed E-state index contributed by atoms with van der Waals surface area (Å²) in [5.74, 6) is 1.21. The van der Waals surface area contributed by atoms with Crippen LogP contribution in [-0.4, -0.2) is 29.0 Å². The van der Waals surface area contributed by atoms with Crippen LogP contribution in [0.3, 0.4) is 0 Å². The Morgan fingerprint density at radius 2 is 1.90 bits per heavy atom. The van der Waals surface area contributed by atoms with E-state index in [9.17, 15) is 4.39 Å². The van der Waals surface area contributed by atoms with Crippen LogP contribution >= 0.6 is 0 Å². The van der Waals surface area contributed by atoms with Gasteiger partial charge in [0.1, 0.15) is 17.5 Å². The lowest BCUT2D eigenvalue weighted by Crippen LogP contribution is -2.10. The molecule has 0 aliphatic heterocycles. The van der Waals surface area contributed by atoms with Crippen LogP contribution in [-0.2, 0) is 0 Å². The van der Waals surface area contributed by atoms with Crippen molar-refractivity contribution >= 4 is 17.0 Å². The Balaban J connectivity index is 2.12. The Labute approximate surface area is 116 Å². The highest BCUT2D eigenvalue weighted by Crippen LogP contribution is 2.23. The minimum absolute atomic E-state index is 0.262. The van der Waals surface area contributed by atoms with Crippen molar-refractivity contribution in [2.75, 3.05) is 19.0 Å². The number of aromatic amines is 1. The summed E-state index contributed by atoms with van der Waals surface area (Å²) in [5, 5.41) is 0. The first kappa shape index (κ1) is 12.6. The molecule has 0 saturated carbocycles. The first-order valence-corrected chi connectivity index (χ1v) is 6.34. The lowest BCUT2D eigenvalue weighted by molar-refractivity contribution is 0.627. The van der Waals surface area contributed by atoms with Crippen LogP contribution in [0.1, 0.15) is 5.56 Å². The fourth-order valence-corrected chi connectivity index (χ4v) is 2.14. The van der Waals surface area contributed by atoms with E-state index in [2.05, 4.69) is 15.0 Å². The fourth-order valence-electron chi connectivity index (χ4n) is 2.14. The molecule has 0 fully saturated rings. The quantitative estimate of drug-likeness (QED) is 0.778. The molecule has 1 aromatic carbocycles. The predicted molar refractivity (Wildman–Crippen MR) is 78.3 cm³/mol. The Bertz CT molecular complexity index is 756. The third kappa shape index (κ3) is 2.22. The van der Waals surface area contributed by atoms with Gasteiger partial charge in [-0.25, -0.2) is 14.4 Å². The van der Waals surface area contributed by atoms with Crippen molar-refractivity contribution in [3.8, 4) is 11.4 Å². The highest BCUT2D eigenvalue weighted by Gasteiger charge is 2.09. The molecule has 0 unspecified atom stereocenters. The standard InChI is InChI=1S/C15H15FN4/c1-9-6-10(8-11(16)7-9)14-17-12-4-5-13(20(2)3)18-15(12)19-14/h4-8H,1-3H3,(H,17,18,19). The molecule has 102 valence electrons. The van der Waals surface area contributed by atoms with Crippen LogP contribution in [0.5, 0.6) is 0 Å². The summed E-state index contributed by atoms with van der Waals surface area (Å²) < 4.78 is 13.5. The molecule has 0 spiro atoms. The van der Waals surface area contributed by atoms with Gasteiger partial charge in [0.05, 0.1) is 5.52 Å². The minimum atomic E-state index is -0.262. The van der Waals surface area contributed by atoms with Gasteiger partial charge in [-0.2, -0.15) is 0 Å². The highest BCUT2D eigenvalue weighted by atomic mass is 19.1. The van der Waals surface area contributed by atoms with Gasteiger partial charge in [-0.15, -0.1) is 0 Å². The molecular weight excluding hydrogens is 255 g/mol. The van der Waals surface area contributed by atoms with Crippen molar-refractivity contribution in [3.05, 3.63) is 41.7 Å². The van der Waals surface area contributed by atoms with Crippen LogP contribution in [0.15, 0.2) is 30.3 Å². The number of rotatable bonds is 2. The van der Waals surface area contributed by atoms with E-state index in [0.717, 1.165) is 22.5 Å². The molecule has 0 atom stereocenters. The molecule has 0 aliphatic rings. The fraction of sp³-hybridized carbons (Fsp3) is 0.200. The number of halogens is 1. The number of H-pyrrole nitrogens is 1. The Morgan fingerprint density at radius 1 is 1.10 bits per heavy atom. The van der Waals surface area contributed by atoms with Crippen molar-refractivity contribution in [2.45, 2.75) is 6.92 Å². The second kappa shape index (κ2) is 4.59. The number of nitrogens with zero attached hydrogens (tertiary/aromatic N) is 3. The molecule has 0 bridgehead atoms. The first-order valence-electron chi connectivity index (χ1n) is 6.34. The van der Waals surface area contributed by atoms with Crippen LogP contribution in [0.25, 0.3) is 22.6 Å². The minimum Gasteiger partial charge on any atom is -0.363 e.